The molecule has 9 rings (SSSR count). The van der Waals surface area contributed by atoms with E-state index < -0.39 is 0 Å². The maximum absolute atomic E-state index is 2.85. The van der Waals surface area contributed by atoms with Crippen molar-refractivity contribution in [2.75, 3.05) is 16.8 Å². The molecular formula is C39H35BN2. The average molecular weight is 543 g/mol. The van der Waals surface area contributed by atoms with Crippen LogP contribution in [0.1, 0.15) is 45.1 Å². The molecule has 5 aromatic rings. The minimum Gasteiger partial charge on any atom is -0.345 e. The van der Waals surface area contributed by atoms with Crippen LogP contribution in [0, 0.1) is 0 Å². The lowest BCUT2D eigenvalue weighted by Gasteiger charge is -2.53. The Labute approximate surface area is 249 Å². The van der Waals surface area contributed by atoms with Gasteiger partial charge in [-0.05, 0) is 65.0 Å². The predicted octanol–water partition coefficient (Wildman–Crippen LogP) is 7.67. The molecule has 3 heterocycles. The summed E-state index contributed by atoms with van der Waals surface area (Å²) < 4.78 is 0. The fourth-order valence-corrected chi connectivity index (χ4v) is 9.24. The van der Waals surface area contributed by atoms with Gasteiger partial charge in [-0.25, -0.2) is 0 Å². The van der Waals surface area contributed by atoms with Gasteiger partial charge in [0.05, 0.1) is 5.54 Å². The molecule has 0 amide bonds. The number of benzene rings is 5. The predicted molar refractivity (Wildman–Crippen MR) is 179 cm³/mol. The van der Waals surface area contributed by atoms with Crippen molar-refractivity contribution in [1.29, 1.82) is 0 Å². The van der Waals surface area contributed by atoms with Crippen molar-refractivity contribution in [2.45, 2.75) is 50.5 Å². The SMILES string of the molecule is CN1c2ccccc2B2c3cccc4c3N(c3c(-c5ccccc5)cc(-c5ccccc5)c1c32)C1(C)CCCCC41C. The molecule has 0 N–H and O–H groups in total. The van der Waals surface area contributed by atoms with Gasteiger partial charge in [-0.1, -0.05) is 117 Å². The highest BCUT2D eigenvalue weighted by atomic mass is 15.3. The summed E-state index contributed by atoms with van der Waals surface area (Å²) in [6, 6.07) is 41.0. The number of hydrogen-bond donors (Lipinski definition) is 0. The third-order valence-electron chi connectivity index (χ3n) is 11.4. The molecule has 0 spiro atoms. The molecule has 0 aromatic heterocycles. The molecule has 2 nitrogen and oxygen atoms in total. The van der Waals surface area contributed by atoms with Crippen LogP contribution < -0.4 is 26.2 Å². The molecule has 1 saturated carbocycles. The zero-order valence-electron chi connectivity index (χ0n) is 24.7. The van der Waals surface area contributed by atoms with Crippen LogP contribution in [0.2, 0.25) is 0 Å². The van der Waals surface area contributed by atoms with E-state index in [2.05, 4.69) is 140 Å². The van der Waals surface area contributed by atoms with Gasteiger partial charge in [0.2, 0.25) is 0 Å². The Morgan fingerprint density at radius 3 is 1.98 bits per heavy atom. The van der Waals surface area contributed by atoms with Crippen molar-refractivity contribution in [3.63, 3.8) is 0 Å². The van der Waals surface area contributed by atoms with Crippen molar-refractivity contribution in [2.24, 2.45) is 0 Å². The number of rotatable bonds is 2. The van der Waals surface area contributed by atoms with Gasteiger partial charge in [-0.15, -0.1) is 0 Å². The summed E-state index contributed by atoms with van der Waals surface area (Å²) in [4.78, 5) is 5.33. The van der Waals surface area contributed by atoms with Gasteiger partial charge in [0.1, 0.15) is 0 Å². The van der Waals surface area contributed by atoms with Gasteiger partial charge in [0.25, 0.3) is 6.71 Å². The molecule has 4 aliphatic rings. The van der Waals surface area contributed by atoms with E-state index in [0.29, 0.717) is 0 Å². The van der Waals surface area contributed by atoms with Crippen LogP contribution in [0.25, 0.3) is 22.3 Å². The molecular weight excluding hydrogens is 507 g/mol. The molecule has 204 valence electrons. The third-order valence-corrected chi connectivity index (χ3v) is 11.4. The average Bonchev–Trinajstić information content (AvgIpc) is 3.25. The van der Waals surface area contributed by atoms with Crippen LogP contribution in [-0.4, -0.2) is 19.3 Å². The Hall–Kier alpha value is -4.24. The Morgan fingerprint density at radius 1 is 0.619 bits per heavy atom. The van der Waals surface area contributed by atoms with E-state index in [1.165, 1.54) is 87.1 Å². The molecule has 3 heteroatoms. The molecule has 42 heavy (non-hydrogen) atoms. The van der Waals surface area contributed by atoms with E-state index in [-0.39, 0.29) is 17.7 Å². The number of nitrogens with zero attached hydrogens (tertiary/aromatic N) is 2. The Bertz CT molecular complexity index is 1900. The third kappa shape index (κ3) is 2.87. The smallest absolute Gasteiger partial charge is 0.252 e. The van der Waals surface area contributed by atoms with E-state index in [1.807, 2.05) is 0 Å². The highest BCUT2D eigenvalue weighted by Gasteiger charge is 2.61. The van der Waals surface area contributed by atoms with E-state index in [0.717, 1.165) is 0 Å². The lowest BCUT2D eigenvalue weighted by atomic mass is 9.33. The van der Waals surface area contributed by atoms with Crippen LogP contribution in [0.3, 0.4) is 0 Å². The second-order valence-electron chi connectivity index (χ2n) is 13.3. The van der Waals surface area contributed by atoms with Crippen LogP contribution in [0.4, 0.5) is 22.7 Å². The van der Waals surface area contributed by atoms with Gasteiger partial charge >= 0.3 is 0 Å². The lowest BCUT2D eigenvalue weighted by molar-refractivity contribution is 0.195. The number of fused-ring (bicyclic) bond motifs is 7. The summed E-state index contributed by atoms with van der Waals surface area (Å²) in [5.41, 5.74) is 16.8. The van der Waals surface area contributed by atoms with E-state index in [9.17, 15) is 0 Å². The monoisotopic (exact) mass is 542 g/mol. The van der Waals surface area contributed by atoms with Crippen LogP contribution in [-0.2, 0) is 5.41 Å². The van der Waals surface area contributed by atoms with Crippen molar-refractivity contribution >= 4 is 45.9 Å². The first-order valence-corrected chi connectivity index (χ1v) is 15.6. The van der Waals surface area contributed by atoms with Crippen molar-refractivity contribution in [3.8, 4) is 22.3 Å². The normalized spacial score (nSPS) is 22.8. The summed E-state index contributed by atoms with van der Waals surface area (Å²) in [6.45, 7) is 5.32. The first-order chi connectivity index (χ1) is 20.5. The zero-order chi connectivity index (χ0) is 28.2. The highest BCUT2D eigenvalue weighted by Crippen LogP contribution is 2.62. The summed E-state index contributed by atoms with van der Waals surface area (Å²) >= 11 is 0. The van der Waals surface area contributed by atoms with Gasteiger partial charge in [-0.2, -0.15) is 0 Å². The molecule has 3 aliphatic heterocycles. The van der Waals surface area contributed by atoms with Gasteiger partial charge in [0, 0.05) is 46.3 Å². The molecule has 5 aromatic carbocycles. The fraction of sp³-hybridized carbons (Fsp3) is 0.231. The van der Waals surface area contributed by atoms with Gasteiger partial charge in [-0.3, -0.25) is 0 Å². The zero-order valence-corrected chi connectivity index (χ0v) is 24.7. The maximum atomic E-state index is 2.85. The first-order valence-electron chi connectivity index (χ1n) is 15.6. The Balaban J connectivity index is 1.49. The summed E-state index contributed by atoms with van der Waals surface area (Å²) in [7, 11) is 2.28. The second-order valence-corrected chi connectivity index (χ2v) is 13.3. The quantitative estimate of drug-likeness (QED) is 0.211. The molecule has 1 aliphatic carbocycles. The Kier molecular flexibility index (Phi) is 4.88. The van der Waals surface area contributed by atoms with Gasteiger partial charge in [0.15, 0.2) is 0 Å². The van der Waals surface area contributed by atoms with Crippen LogP contribution in [0.5, 0.6) is 0 Å². The van der Waals surface area contributed by atoms with Crippen molar-refractivity contribution < 1.29 is 0 Å². The van der Waals surface area contributed by atoms with Crippen LogP contribution in [0.15, 0.2) is 109 Å². The molecule has 1 fully saturated rings. The second kappa shape index (κ2) is 8.41. The minimum atomic E-state index is 0.00968. The standard InChI is InChI=1S/C39H35BN2/c1-38-23-12-13-24-39(38,2)42-36-29(27-17-8-5-9-18-27)25-28(26-15-6-4-7-16-26)35-34(36)40(32-21-14-19-30(38)37(32)42)31-20-10-11-22-33(31)41(35)3/h4-11,14-22,25H,12-13,23-24H2,1-3H3. The summed E-state index contributed by atoms with van der Waals surface area (Å²) in [5, 5.41) is 0. The van der Waals surface area contributed by atoms with Crippen LogP contribution >= 0.6 is 0 Å². The molecule has 0 bridgehead atoms. The first kappa shape index (κ1) is 24.4. The van der Waals surface area contributed by atoms with Crippen molar-refractivity contribution in [1.82, 2.24) is 0 Å². The van der Waals surface area contributed by atoms with Gasteiger partial charge < -0.3 is 9.80 Å². The summed E-state index contributed by atoms with van der Waals surface area (Å²) in [6.07, 6.45) is 5.03. The van der Waals surface area contributed by atoms with E-state index in [4.69, 9.17) is 0 Å². The number of hydrogen-bond acceptors (Lipinski definition) is 2. The van der Waals surface area contributed by atoms with Crippen molar-refractivity contribution in [3.05, 3.63) is 115 Å². The van der Waals surface area contributed by atoms with E-state index in [1.54, 1.807) is 5.56 Å². The van der Waals surface area contributed by atoms with E-state index >= 15 is 0 Å². The highest BCUT2D eigenvalue weighted by molar-refractivity contribution is 7.00. The fourth-order valence-electron chi connectivity index (χ4n) is 9.24. The number of para-hydroxylation sites is 2. The minimum absolute atomic E-state index is 0.00968. The molecule has 2 unspecified atom stereocenters. The largest absolute Gasteiger partial charge is 0.345 e. The lowest BCUT2D eigenvalue weighted by Crippen LogP contribution is -2.64. The number of anilines is 4. The topological polar surface area (TPSA) is 6.48 Å². The molecule has 0 saturated heterocycles. The summed E-state index contributed by atoms with van der Waals surface area (Å²) in [5.74, 6) is 0. The maximum Gasteiger partial charge on any atom is 0.252 e. The molecule has 0 radical (unpaired) electrons. The Morgan fingerprint density at radius 2 is 1.24 bits per heavy atom. The molecule has 2 atom stereocenters.